The average Bonchev–Trinajstić information content (AvgIpc) is 2.87. The van der Waals surface area contributed by atoms with Crippen LogP contribution in [0.3, 0.4) is 0 Å². The summed E-state index contributed by atoms with van der Waals surface area (Å²) >= 11 is 0. The van der Waals surface area contributed by atoms with Gasteiger partial charge in [-0.15, -0.1) is 0 Å². The van der Waals surface area contributed by atoms with Gasteiger partial charge in [0.05, 0.1) is 12.1 Å². The van der Waals surface area contributed by atoms with Crippen LogP contribution in [-0.2, 0) is 0 Å². The summed E-state index contributed by atoms with van der Waals surface area (Å²) in [6.07, 6.45) is 1.86. The molecule has 1 aliphatic carbocycles. The van der Waals surface area contributed by atoms with E-state index in [9.17, 15) is 18.7 Å². The number of rotatable bonds is 4. The van der Waals surface area contributed by atoms with Crippen LogP contribution in [0.5, 0.6) is 5.75 Å². The molecule has 0 spiro atoms. The number of nitrogens with zero attached hydrogens (tertiary/aromatic N) is 1. The first-order valence-corrected chi connectivity index (χ1v) is 7.32. The lowest BCUT2D eigenvalue weighted by Crippen LogP contribution is -2.41. The minimum Gasteiger partial charge on any atom is -0.434 e. The Bertz CT molecular complexity index is 539. The smallest absolute Gasteiger partial charge is 0.387 e. The molecule has 0 bridgehead atoms. The zero-order valence-corrected chi connectivity index (χ0v) is 13.0. The minimum absolute atomic E-state index is 0.107. The first-order valence-electron chi connectivity index (χ1n) is 7.32. The minimum atomic E-state index is -2.89. The lowest BCUT2D eigenvalue weighted by molar-refractivity contribution is -0.0507. The van der Waals surface area contributed by atoms with E-state index >= 15 is 0 Å². The number of aryl methyl sites for hydroxylation is 2. The van der Waals surface area contributed by atoms with Crippen LogP contribution < -0.4 is 4.74 Å². The van der Waals surface area contributed by atoms with Gasteiger partial charge in [-0.2, -0.15) is 8.78 Å². The van der Waals surface area contributed by atoms with Crippen molar-refractivity contribution in [2.24, 2.45) is 0 Å². The normalized spacial score (nSPS) is 21.2. The predicted molar refractivity (Wildman–Crippen MR) is 78.3 cm³/mol. The van der Waals surface area contributed by atoms with Crippen LogP contribution in [0.1, 0.15) is 40.7 Å². The third-order valence-corrected chi connectivity index (χ3v) is 4.18. The Morgan fingerprint density at radius 2 is 1.91 bits per heavy atom. The van der Waals surface area contributed by atoms with Gasteiger partial charge in [0.2, 0.25) is 0 Å². The number of hydrogen-bond donors (Lipinski definition) is 1. The summed E-state index contributed by atoms with van der Waals surface area (Å²) in [5.74, 6) is -0.115. The molecule has 2 rings (SSSR count). The van der Waals surface area contributed by atoms with Crippen molar-refractivity contribution in [1.29, 1.82) is 0 Å². The summed E-state index contributed by atoms with van der Waals surface area (Å²) in [6.45, 7) is 0.368. The number of amides is 1. The molecule has 0 saturated heterocycles. The number of aliphatic hydroxyl groups is 1. The number of likely N-dealkylation sites (N-methyl/N-ethyl adjacent to an activating group) is 1. The summed E-state index contributed by atoms with van der Waals surface area (Å²) in [5, 5.41) is 9.91. The Balaban J connectivity index is 2.23. The number of carbonyl (C=O) groups excluding carboxylic acids is 1. The maximum Gasteiger partial charge on any atom is 0.387 e. The second-order valence-corrected chi connectivity index (χ2v) is 5.80. The maximum absolute atomic E-state index is 12.5. The van der Waals surface area contributed by atoms with Crippen molar-refractivity contribution >= 4 is 5.91 Å². The van der Waals surface area contributed by atoms with Gasteiger partial charge in [0.25, 0.3) is 5.91 Å². The van der Waals surface area contributed by atoms with Crippen molar-refractivity contribution in [3.63, 3.8) is 0 Å². The fraction of sp³-hybridized carbons (Fsp3) is 0.562. The maximum atomic E-state index is 12.5. The molecule has 0 radical (unpaired) electrons. The molecule has 1 fully saturated rings. The van der Waals surface area contributed by atoms with Crippen LogP contribution in [0, 0.1) is 13.8 Å². The molecule has 1 aliphatic rings. The lowest BCUT2D eigenvalue weighted by atomic mass is 10.0. The van der Waals surface area contributed by atoms with E-state index in [1.165, 1.54) is 0 Å². The number of aliphatic hydroxyl groups excluding tert-OH is 1. The highest BCUT2D eigenvalue weighted by Gasteiger charge is 2.32. The largest absolute Gasteiger partial charge is 0.434 e. The van der Waals surface area contributed by atoms with E-state index in [0.717, 1.165) is 12.8 Å². The first kappa shape index (κ1) is 16.7. The molecule has 0 aliphatic heterocycles. The van der Waals surface area contributed by atoms with E-state index < -0.39 is 12.7 Å². The molecule has 2 atom stereocenters. The molecular formula is C16H21F2NO3. The summed E-state index contributed by atoms with van der Waals surface area (Å²) in [5.41, 5.74) is 1.39. The number of alkyl halides is 2. The van der Waals surface area contributed by atoms with Gasteiger partial charge in [0, 0.05) is 12.6 Å². The van der Waals surface area contributed by atoms with E-state index in [1.807, 2.05) is 0 Å². The van der Waals surface area contributed by atoms with Gasteiger partial charge >= 0.3 is 6.61 Å². The number of ether oxygens (including phenoxy) is 1. The molecule has 1 aromatic rings. The third-order valence-electron chi connectivity index (χ3n) is 4.18. The number of benzene rings is 1. The van der Waals surface area contributed by atoms with Crippen molar-refractivity contribution in [2.45, 2.75) is 51.9 Å². The Hall–Kier alpha value is -1.69. The molecule has 4 nitrogen and oxygen atoms in total. The van der Waals surface area contributed by atoms with E-state index in [2.05, 4.69) is 4.74 Å². The molecule has 0 unspecified atom stereocenters. The lowest BCUT2D eigenvalue weighted by Gasteiger charge is -2.27. The number of halogens is 2. The topological polar surface area (TPSA) is 49.8 Å². The zero-order valence-electron chi connectivity index (χ0n) is 13.0. The summed E-state index contributed by atoms with van der Waals surface area (Å²) < 4.78 is 29.3. The first-order chi connectivity index (χ1) is 10.3. The highest BCUT2D eigenvalue weighted by molar-refractivity contribution is 5.95. The van der Waals surface area contributed by atoms with Gasteiger partial charge < -0.3 is 14.7 Å². The van der Waals surface area contributed by atoms with Gasteiger partial charge in [-0.3, -0.25) is 4.79 Å². The summed E-state index contributed by atoms with van der Waals surface area (Å²) in [6, 6.07) is 2.90. The van der Waals surface area contributed by atoms with Crippen molar-refractivity contribution < 1.29 is 23.4 Å². The molecule has 0 aromatic heterocycles. The van der Waals surface area contributed by atoms with Gasteiger partial charge in [-0.25, -0.2) is 0 Å². The van der Waals surface area contributed by atoms with Crippen LogP contribution in [0.4, 0.5) is 8.78 Å². The summed E-state index contributed by atoms with van der Waals surface area (Å²) in [4.78, 5) is 14.1. The predicted octanol–water partition coefficient (Wildman–Crippen LogP) is 2.89. The van der Waals surface area contributed by atoms with Crippen LogP contribution >= 0.6 is 0 Å². The van der Waals surface area contributed by atoms with Crippen LogP contribution in [0.25, 0.3) is 0 Å². The fourth-order valence-electron chi connectivity index (χ4n) is 3.08. The molecule has 6 heteroatoms. The van der Waals surface area contributed by atoms with Crippen molar-refractivity contribution in [3.8, 4) is 5.75 Å². The average molecular weight is 313 g/mol. The quantitative estimate of drug-likeness (QED) is 0.930. The van der Waals surface area contributed by atoms with Crippen molar-refractivity contribution in [2.75, 3.05) is 7.05 Å². The standard InChI is InChI=1S/C16H21F2NO3/c1-9-7-11(8-10(2)14(9)22-16(17)18)15(21)19(3)12-5-4-6-13(12)20/h7-8,12-13,16,20H,4-6H2,1-3H3/t12-,13-/m1/s1. The van der Waals surface area contributed by atoms with E-state index in [4.69, 9.17) is 0 Å². The van der Waals surface area contributed by atoms with Crippen LogP contribution in [0.15, 0.2) is 12.1 Å². The third kappa shape index (κ3) is 3.38. The Labute approximate surface area is 128 Å². The molecule has 1 amide bonds. The SMILES string of the molecule is Cc1cc(C(=O)N(C)[C@@H]2CCC[C@H]2O)cc(C)c1OC(F)F. The molecule has 1 aromatic carbocycles. The summed E-state index contributed by atoms with van der Waals surface area (Å²) in [7, 11) is 1.66. The molecule has 22 heavy (non-hydrogen) atoms. The van der Waals surface area contributed by atoms with Gasteiger partial charge in [0.1, 0.15) is 5.75 Å². The highest BCUT2D eigenvalue weighted by Crippen LogP contribution is 2.29. The van der Waals surface area contributed by atoms with Gasteiger partial charge in [0.15, 0.2) is 0 Å². The van der Waals surface area contributed by atoms with Crippen molar-refractivity contribution in [1.82, 2.24) is 4.90 Å². The van der Waals surface area contributed by atoms with E-state index in [0.29, 0.717) is 23.1 Å². The highest BCUT2D eigenvalue weighted by atomic mass is 19.3. The van der Waals surface area contributed by atoms with Crippen LogP contribution in [-0.4, -0.2) is 41.7 Å². The number of hydrogen-bond acceptors (Lipinski definition) is 3. The van der Waals surface area contributed by atoms with Gasteiger partial charge in [-0.1, -0.05) is 0 Å². The molecule has 1 saturated carbocycles. The Morgan fingerprint density at radius 1 is 1.32 bits per heavy atom. The van der Waals surface area contributed by atoms with E-state index in [1.54, 1.807) is 37.9 Å². The van der Waals surface area contributed by atoms with Gasteiger partial charge in [-0.05, 0) is 56.4 Å². The molecule has 0 heterocycles. The van der Waals surface area contributed by atoms with Crippen LogP contribution in [0.2, 0.25) is 0 Å². The Morgan fingerprint density at radius 3 is 2.36 bits per heavy atom. The Kier molecular flexibility index (Phi) is 5.01. The monoisotopic (exact) mass is 313 g/mol. The number of carbonyl (C=O) groups is 1. The molecule has 1 N–H and O–H groups in total. The second kappa shape index (κ2) is 6.60. The molecular weight excluding hydrogens is 292 g/mol. The van der Waals surface area contributed by atoms with E-state index in [-0.39, 0.29) is 17.7 Å². The second-order valence-electron chi connectivity index (χ2n) is 5.80. The zero-order chi connectivity index (χ0) is 16.4. The van der Waals surface area contributed by atoms with Crippen molar-refractivity contribution in [3.05, 3.63) is 28.8 Å². The molecule has 122 valence electrons. The fourth-order valence-corrected chi connectivity index (χ4v) is 3.08.